The van der Waals surface area contributed by atoms with Gasteiger partial charge in [-0.2, -0.15) is 0 Å². The van der Waals surface area contributed by atoms with Crippen LogP contribution in [0, 0.1) is 0 Å². The van der Waals surface area contributed by atoms with Gasteiger partial charge in [-0.05, 0) is 35.7 Å². The standard InChI is InChI=1S/C16H13N3O4S/c1-23-16(22)10-2-4-11(5-3-10)18-13(20)8-19-9-17-12-6-7-24-14(12)15(19)21/h2-7,9H,8H2,1H3,(H,18,20). The summed E-state index contributed by atoms with van der Waals surface area (Å²) in [6, 6.07) is 8.04. The molecule has 24 heavy (non-hydrogen) atoms. The summed E-state index contributed by atoms with van der Waals surface area (Å²) in [5.74, 6) is -0.810. The Labute approximate surface area is 140 Å². The first kappa shape index (κ1) is 15.9. The zero-order valence-corrected chi connectivity index (χ0v) is 13.5. The Bertz CT molecular complexity index is 959. The zero-order chi connectivity index (χ0) is 17.1. The molecule has 3 rings (SSSR count). The number of ether oxygens (including phenoxy) is 1. The summed E-state index contributed by atoms with van der Waals surface area (Å²) in [7, 11) is 1.30. The van der Waals surface area contributed by atoms with Crippen molar-refractivity contribution in [3.05, 3.63) is 58.0 Å². The number of amides is 1. The first-order chi connectivity index (χ1) is 11.6. The van der Waals surface area contributed by atoms with E-state index in [0.717, 1.165) is 0 Å². The fourth-order valence-electron chi connectivity index (χ4n) is 2.15. The van der Waals surface area contributed by atoms with Crippen molar-refractivity contribution in [1.29, 1.82) is 0 Å². The van der Waals surface area contributed by atoms with Crippen molar-refractivity contribution in [2.24, 2.45) is 0 Å². The lowest BCUT2D eigenvalue weighted by Crippen LogP contribution is -2.27. The number of hydrogen-bond donors (Lipinski definition) is 1. The monoisotopic (exact) mass is 343 g/mol. The van der Waals surface area contributed by atoms with Crippen LogP contribution < -0.4 is 10.9 Å². The molecule has 7 nitrogen and oxygen atoms in total. The molecular formula is C16H13N3O4S. The minimum Gasteiger partial charge on any atom is -0.465 e. The molecule has 1 amide bonds. The van der Waals surface area contributed by atoms with Crippen LogP contribution in [0.4, 0.5) is 5.69 Å². The molecule has 3 aromatic rings. The van der Waals surface area contributed by atoms with Crippen LogP contribution in [0.3, 0.4) is 0 Å². The molecule has 0 saturated carbocycles. The van der Waals surface area contributed by atoms with Gasteiger partial charge in [-0.3, -0.25) is 14.2 Å². The Hall–Kier alpha value is -3.00. The zero-order valence-electron chi connectivity index (χ0n) is 12.7. The molecule has 2 aromatic heterocycles. The summed E-state index contributed by atoms with van der Waals surface area (Å²) in [4.78, 5) is 39.8. The molecule has 1 aromatic carbocycles. The molecule has 0 unspecified atom stereocenters. The molecule has 0 bridgehead atoms. The number of anilines is 1. The van der Waals surface area contributed by atoms with E-state index < -0.39 is 5.97 Å². The molecule has 0 aliphatic heterocycles. The number of nitrogens with one attached hydrogen (secondary N) is 1. The third-order valence-electron chi connectivity index (χ3n) is 3.34. The predicted octanol–water partition coefficient (Wildman–Crippen LogP) is 1.88. The second-order valence-corrected chi connectivity index (χ2v) is 5.85. The minimum atomic E-state index is -0.449. The van der Waals surface area contributed by atoms with Gasteiger partial charge in [-0.1, -0.05) is 0 Å². The average Bonchev–Trinajstić information content (AvgIpc) is 3.07. The predicted molar refractivity (Wildman–Crippen MR) is 90.3 cm³/mol. The lowest BCUT2D eigenvalue weighted by Gasteiger charge is -2.07. The summed E-state index contributed by atoms with van der Waals surface area (Å²) in [5.41, 5.74) is 1.29. The number of thiophene rings is 1. The maximum absolute atomic E-state index is 12.2. The Kier molecular flexibility index (Phi) is 4.39. The summed E-state index contributed by atoms with van der Waals surface area (Å²) in [6.07, 6.45) is 1.36. The molecule has 0 radical (unpaired) electrons. The fourth-order valence-corrected chi connectivity index (χ4v) is 2.95. The highest BCUT2D eigenvalue weighted by atomic mass is 32.1. The first-order valence-corrected chi connectivity index (χ1v) is 7.87. The molecule has 0 fully saturated rings. The minimum absolute atomic E-state index is 0.140. The van der Waals surface area contributed by atoms with Crippen molar-refractivity contribution in [3.8, 4) is 0 Å². The summed E-state index contributed by atoms with van der Waals surface area (Å²) in [5, 5.41) is 4.45. The van der Waals surface area contributed by atoms with Gasteiger partial charge in [0.05, 0.1) is 24.5 Å². The summed E-state index contributed by atoms with van der Waals surface area (Å²) >= 11 is 1.29. The highest BCUT2D eigenvalue weighted by Gasteiger charge is 2.10. The SMILES string of the molecule is COC(=O)c1ccc(NC(=O)Cn2cnc3ccsc3c2=O)cc1. The van der Waals surface area contributed by atoms with Crippen molar-refractivity contribution in [2.45, 2.75) is 6.54 Å². The van der Waals surface area contributed by atoms with Crippen molar-refractivity contribution in [2.75, 3.05) is 12.4 Å². The maximum atomic E-state index is 12.2. The van der Waals surface area contributed by atoms with E-state index in [1.165, 1.54) is 29.3 Å². The van der Waals surface area contributed by atoms with Crippen LogP contribution in [-0.2, 0) is 16.1 Å². The molecule has 8 heteroatoms. The summed E-state index contributed by atoms with van der Waals surface area (Å²) in [6.45, 7) is -0.140. The number of fused-ring (bicyclic) bond motifs is 1. The van der Waals surface area contributed by atoms with E-state index in [-0.39, 0.29) is 18.0 Å². The number of nitrogens with zero attached hydrogens (tertiary/aromatic N) is 2. The first-order valence-electron chi connectivity index (χ1n) is 6.99. The van der Waals surface area contributed by atoms with Gasteiger partial charge in [0.2, 0.25) is 5.91 Å². The molecule has 0 spiro atoms. The number of carbonyl (C=O) groups excluding carboxylic acids is 2. The highest BCUT2D eigenvalue weighted by Crippen LogP contribution is 2.13. The van der Waals surface area contributed by atoms with Gasteiger partial charge in [0.25, 0.3) is 5.56 Å². The van der Waals surface area contributed by atoms with Gasteiger partial charge in [0.1, 0.15) is 11.2 Å². The summed E-state index contributed by atoms with van der Waals surface area (Å²) < 4.78 is 6.39. The van der Waals surface area contributed by atoms with Crippen LogP contribution in [0.1, 0.15) is 10.4 Å². The lowest BCUT2D eigenvalue weighted by molar-refractivity contribution is -0.116. The topological polar surface area (TPSA) is 90.3 Å². The van der Waals surface area contributed by atoms with E-state index in [2.05, 4.69) is 15.0 Å². The second kappa shape index (κ2) is 6.63. The molecule has 1 N–H and O–H groups in total. The van der Waals surface area contributed by atoms with Crippen molar-refractivity contribution >= 4 is 39.1 Å². The average molecular weight is 343 g/mol. The number of rotatable bonds is 4. The van der Waals surface area contributed by atoms with E-state index in [1.54, 1.807) is 35.7 Å². The van der Waals surface area contributed by atoms with E-state index in [4.69, 9.17) is 0 Å². The highest BCUT2D eigenvalue weighted by molar-refractivity contribution is 7.17. The van der Waals surface area contributed by atoms with E-state index in [9.17, 15) is 14.4 Å². The molecular weight excluding hydrogens is 330 g/mol. The van der Waals surface area contributed by atoms with Gasteiger partial charge in [-0.25, -0.2) is 9.78 Å². The number of carbonyl (C=O) groups is 2. The normalized spacial score (nSPS) is 10.5. The molecule has 0 saturated heterocycles. The van der Waals surface area contributed by atoms with Crippen LogP contribution in [0.2, 0.25) is 0 Å². The number of esters is 1. The lowest BCUT2D eigenvalue weighted by atomic mass is 10.2. The Morgan fingerprint density at radius 3 is 2.71 bits per heavy atom. The van der Waals surface area contributed by atoms with Gasteiger partial charge >= 0.3 is 5.97 Å². The van der Waals surface area contributed by atoms with Crippen molar-refractivity contribution in [1.82, 2.24) is 9.55 Å². The maximum Gasteiger partial charge on any atom is 0.337 e. The van der Waals surface area contributed by atoms with E-state index in [0.29, 0.717) is 21.5 Å². The largest absolute Gasteiger partial charge is 0.465 e. The molecule has 0 aliphatic rings. The quantitative estimate of drug-likeness (QED) is 0.731. The third-order valence-corrected chi connectivity index (χ3v) is 4.23. The van der Waals surface area contributed by atoms with Crippen LogP contribution in [0.5, 0.6) is 0 Å². The van der Waals surface area contributed by atoms with Crippen molar-refractivity contribution in [3.63, 3.8) is 0 Å². The number of methoxy groups -OCH3 is 1. The molecule has 2 heterocycles. The molecule has 0 aliphatic carbocycles. The number of aromatic nitrogens is 2. The Balaban J connectivity index is 1.71. The van der Waals surface area contributed by atoms with E-state index >= 15 is 0 Å². The van der Waals surface area contributed by atoms with Crippen LogP contribution in [0.15, 0.2) is 46.8 Å². The Morgan fingerprint density at radius 2 is 2.00 bits per heavy atom. The Morgan fingerprint density at radius 1 is 1.25 bits per heavy atom. The smallest absolute Gasteiger partial charge is 0.337 e. The number of benzene rings is 1. The third kappa shape index (κ3) is 3.18. The van der Waals surface area contributed by atoms with Crippen LogP contribution in [0.25, 0.3) is 10.2 Å². The van der Waals surface area contributed by atoms with Crippen LogP contribution in [-0.4, -0.2) is 28.5 Å². The van der Waals surface area contributed by atoms with Gasteiger partial charge in [0, 0.05) is 5.69 Å². The van der Waals surface area contributed by atoms with Gasteiger partial charge < -0.3 is 10.1 Å². The van der Waals surface area contributed by atoms with E-state index in [1.807, 2.05) is 0 Å². The fraction of sp³-hybridized carbons (Fsp3) is 0.125. The van der Waals surface area contributed by atoms with Gasteiger partial charge in [-0.15, -0.1) is 11.3 Å². The van der Waals surface area contributed by atoms with Gasteiger partial charge in [0.15, 0.2) is 0 Å². The second-order valence-electron chi connectivity index (χ2n) is 4.93. The van der Waals surface area contributed by atoms with Crippen molar-refractivity contribution < 1.29 is 14.3 Å². The molecule has 0 atom stereocenters. The number of hydrogen-bond acceptors (Lipinski definition) is 6. The van der Waals surface area contributed by atoms with Crippen LogP contribution >= 0.6 is 11.3 Å². The molecule has 122 valence electrons.